The van der Waals surface area contributed by atoms with E-state index < -0.39 is 0 Å². The van der Waals surface area contributed by atoms with Crippen LogP contribution in [0.2, 0.25) is 5.02 Å². The molecule has 0 aliphatic heterocycles. The molecule has 5 heteroatoms. The van der Waals surface area contributed by atoms with Crippen molar-refractivity contribution in [2.24, 2.45) is 0 Å². The number of benzene rings is 2. The first-order chi connectivity index (χ1) is 11.0. The van der Waals surface area contributed by atoms with Gasteiger partial charge in [-0.05, 0) is 43.3 Å². The van der Waals surface area contributed by atoms with Crippen molar-refractivity contribution in [3.63, 3.8) is 0 Å². The summed E-state index contributed by atoms with van der Waals surface area (Å²) in [5.74, 6) is -0.00969. The van der Waals surface area contributed by atoms with Gasteiger partial charge in [0.05, 0.1) is 6.04 Å². The molecule has 0 aliphatic carbocycles. The van der Waals surface area contributed by atoms with Crippen LogP contribution < -0.4 is 5.32 Å². The number of nitrogens with one attached hydrogen (secondary N) is 1. The minimum Gasteiger partial charge on any atom is -0.351 e. The van der Waals surface area contributed by atoms with E-state index in [4.69, 9.17) is 11.6 Å². The molecule has 1 atom stereocenters. The van der Waals surface area contributed by atoms with Crippen LogP contribution in [0.1, 0.15) is 18.1 Å². The first-order valence-corrected chi connectivity index (χ1v) is 8.60. The molecule has 1 unspecified atom stereocenters. The largest absolute Gasteiger partial charge is 0.351 e. The summed E-state index contributed by atoms with van der Waals surface area (Å²) in [6, 6.07) is 15.4. The Hall–Kier alpha value is -1.36. The van der Waals surface area contributed by atoms with Crippen molar-refractivity contribution in [2.75, 3.05) is 7.05 Å². The van der Waals surface area contributed by atoms with E-state index in [0.29, 0.717) is 18.1 Å². The molecule has 2 aromatic rings. The molecule has 0 heterocycles. The molecule has 23 heavy (non-hydrogen) atoms. The maximum atomic E-state index is 12.3. The topological polar surface area (TPSA) is 32.3 Å². The molecule has 3 nitrogen and oxygen atoms in total. The Kier molecular flexibility index (Phi) is 6.63. The van der Waals surface area contributed by atoms with Crippen molar-refractivity contribution in [1.29, 1.82) is 0 Å². The van der Waals surface area contributed by atoms with Gasteiger partial charge < -0.3 is 5.32 Å². The normalized spacial score (nSPS) is 12.2. The van der Waals surface area contributed by atoms with E-state index in [-0.39, 0.29) is 11.9 Å². The zero-order valence-electron chi connectivity index (χ0n) is 13.2. The van der Waals surface area contributed by atoms with Gasteiger partial charge in [-0.1, -0.05) is 57.9 Å². The summed E-state index contributed by atoms with van der Waals surface area (Å²) >= 11 is 9.53. The molecule has 122 valence electrons. The highest BCUT2D eigenvalue weighted by Gasteiger charge is 2.18. The number of rotatable bonds is 6. The summed E-state index contributed by atoms with van der Waals surface area (Å²) in [6.45, 7) is 3.06. The maximum Gasteiger partial charge on any atom is 0.237 e. The Labute approximate surface area is 150 Å². The number of carbonyl (C=O) groups is 1. The van der Waals surface area contributed by atoms with Gasteiger partial charge in [-0.3, -0.25) is 9.69 Å². The third kappa shape index (κ3) is 5.34. The summed E-state index contributed by atoms with van der Waals surface area (Å²) in [4.78, 5) is 14.3. The Balaban J connectivity index is 1.88. The lowest BCUT2D eigenvalue weighted by Gasteiger charge is -2.24. The fourth-order valence-corrected chi connectivity index (χ4v) is 2.65. The lowest BCUT2D eigenvalue weighted by molar-refractivity contribution is -0.125. The molecule has 2 aromatic carbocycles. The molecular formula is C18H20BrClN2O. The highest BCUT2D eigenvalue weighted by molar-refractivity contribution is 9.10. The minimum absolute atomic E-state index is 0.00969. The monoisotopic (exact) mass is 394 g/mol. The standard InChI is InChI=1S/C18H20BrClN2O/c1-13(22(2)12-14-7-9-16(19)10-8-14)18(23)21-11-15-5-3-4-6-17(15)20/h3-10,13H,11-12H2,1-2H3,(H,21,23). The third-order valence-electron chi connectivity index (χ3n) is 3.80. The van der Waals surface area contributed by atoms with Crippen LogP contribution in [0.5, 0.6) is 0 Å². The average molecular weight is 396 g/mol. The van der Waals surface area contributed by atoms with Gasteiger partial charge in [0.1, 0.15) is 0 Å². The van der Waals surface area contributed by atoms with Crippen LogP contribution in [0.25, 0.3) is 0 Å². The van der Waals surface area contributed by atoms with Crippen LogP contribution in [0, 0.1) is 0 Å². The SMILES string of the molecule is CC(C(=O)NCc1ccccc1Cl)N(C)Cc1ccc(Br)cc1. The zero-order chi connectivity index (χ0) is 16.8. The maximum absolute atomic E-state index is 12.3. The molecule has 0 aliphatic rings. The number of hydrogen-bond donors (Lipinski definition) is 1. The van der Waals surface area contributed by atoms with Crippen molar-refractivity contribution < 1.29 is 4.79 Å². The first-order valence-electron chi connectivity index (χ1n) is 7.43. The number of likely N-dealkylation sites (N-methyl/N-ethyl adjacent to an activating group) is 1. The molecule has 0 bridgehead atoms. The number of carbonyl (C=O) groups excluding carboxylic acids is 1. The van der Waals surface area contributed by atoms with E-state index in [1.807, 2.05) is 55.3 Å². The molecule has 0 radical (unpaired) electrons. The summed E-state index contributed by atoms with van der Waals surface area (Å²) < 4.78 is 1.05. The van der Waals surface area contributed by atoms with Gasteiger partial charge in [-0.15, -0.1) is 0 Å². The Bertz CT molecular complexity index is 660. The average Bonchev–Trinajstić information content (AvgIpc) is 2.55. The fourth-order valence-electron chi connectivity index (χ4n) is 2.19. The molecule has 0 aromatic heterocycles. The second kappa shape index (κ2) is 8.48. The second-order valence-corrected chi connectivity index (χ2v) is 6.85. The molecule has 0 fully saturated rings. The number of nitrogens with zero attached hydrogens (tertiary/aromatic N) is 1. The Morgan fingerprint density at radius 2 is 1.87 bits per heavy atom. The van der Waals surface area contributed by atoms with Gasteiger partial charge in [0.15, 0.2) is 0 Å². The van der Waals surface area contributed by atoms with Crippen molar-refractivity contribution >= 4 is 33.4 Å². The summed E-state index contributed by atoms with van der Waals surface area (Å²) in [7, 11) is 1.95. The molecule has 1 amide bonds. The zero-order valence-corrected chi connectivity index (χ0v) is 15.6. The van der Waals surface area contributed by atoms with Crippen LogP contribution in [0.15, 0.2) is 53.0 Å². The van der Waals surface area contributed by atoms with Crippen LogP contribution in [0.3, 0.4) is 0 Å². The first kappa shape index (κ1) is 18.0. The smallest absolute Gasteiger partial charge is 0.237 e. The molecule has 0 saturated heterocycles. The van der Waals surface area contributed by atoms with Crippen LogP contribution in [-0.4, -0.2) is 23.9 Å². The van der Waals surface area contributed by atoms with Gasteiger partial charge in [0, 0.05) is 22.6 Å². The fraction of sp³-hybridized carbons (Fsp3) is 0.278. The lowest BCUT2D eigenvalue weighted by atomic mass is 10.2. The van der Waals surface area contributed by atoms with E-state index in [9.17, 15) is 4.79 Å². The Morgan fingerprint density at radius 1 is 1.22 bits per heavy atom. The number of halogens is 2. The number of hydrogen-bond acceptors (Lipinski definition) is 2. The van der Waals surface area contributed by atoms with Crippen LogP contribution >= 0.6 is 27.5 Å². The highest BCUT2D eigenvalue weighted by atomic mass is 79.9. The molecular weight excluding hydrogens is 376 g/mol. The molecule has 0 spiro atoms. The quantitative estimate of drug-likeness (QED) is 0.793. The van der Waals surface area contributed by atoms with Gasteiger partial charge in [0.2, 0.25) is 5.91 Å². The van der Waals surface area contributed by atoms with E-state index in [2.05, 4.69) is 33.4 Å². The summed E-state index contributed by atoms with van der Waals surface area (Å²) in [6.07, 6.45) is 0. The van der Waals surface area contributed by atoms with Gasteiger partial charge in [-0.2, -0.15) is 0 Å². The number of amides is 1. The molecule has 1 N–H and O–H groups in total. The van der Waals surface area contributed by atoms with Crippen molar-refractivity contribution in [3.8, 4) is 0 Å². The van der Waals surface area contributed by atoms with Crippen molar-refractivity contribution in [3.05, 3.63) is 69.2 Å². The van der Waals surface area contributed by atoms with Crippen molar-refractivity contribution in [1.82, 2.24) is 10.2 Å². The van der Waals surface area contributed by atoms with E-state index in [0.717, 1.165) is 10.0 Å². The molecule has 2 rings (SSSR count). The highest BCUT2D eigenvalue weighted by Crippen LogP contribution is 2.15. The third-order valence-corrected chi connectivity index (χ3v) is 4.69. The lowest BCUT2D eigenvalue weighted by Crippen LogP contribution is -2.42. The van der Waals surface area contributed by atoms with Crippen LogP contribution in [0.4, 0.5) is 0 Å². The predicted molar refractivity (Wildman–Crippen MR) is 98.4 cm³/mol. The minimum atomic E-state index is -0.221. The Morgan fingerprint density at radius 3 is 2.52 bits per heavy atom. The summed E-state index contributed by atoms with van der Waals surface area (Å²) in [5.41, 5.74) is 2.09. The molecule has 0 saturated carbocycles. The second-order valence-electron chi connectivity index (χ2n) is 5.53. The van der Waals surface area contributed by atoms with Gasteiger partial charge in [-0.25, -0.2) is 0 Å². The summed E-state index contributed by atoms with van der Waals surface area (Å²) in [5, 5.41) is 3.61. The van der Waals surface area contributed by atoms with Crippen LogP contribution in [-0.2, 0) is 17.9 Å². The predicted octanol–water partition coefficient (Wildman–Crippen LogP) is 4.24. The van der Waals surface area contributed by atoms with E-state index >= 15 is 0 Å². The van der Waals surface area contributed by atoms with E-state index in [1.54, 1.807) is 0 Å². The van der Waals surface area contributed by atoms with E-state index in [1.165, 1.54) is 5.56 Å². The van der Waals surface area contributed by atoms with Crippen molar-refractivity contribution in [2.45, 2.75) is 26.1 Å². The van der Waals surface area contributed by atoms with Gasteiger partial charge >= 0.3 is 0 Å². The van der Waals surface area contributed by atoms with Gasteiger partial charge in [0.25, 0.3) is 0 Å².